The van der Waals surface area contributed by atoms with Gasteiger partial charge < -0.3 is 14.2 Å². The fourth-order valence-electron chi connectivity index (χ4n) is 3.58. The molecule has 8 nitrogen and oxygen atoms in total. The van der Waals surface area contributed by atoms with Crippen LogP contribution >= 0.6 is 0 Å². The van der Waals surface area contributed by atoms with Crippen molar-refractivity contribution in [3.8, 4) is 0 Å². The van der Waals surface area contributed by atoms with Gasteiger partial charge in [0.15, 0.2) is 0 Å². The summed E-state index contributed by atoms with van der Waals surface area (Å²) in [6.07, 6.45) is 4.92. The maximum atomic E-state index is 12.7. The van der Waals surface area contributed by atoms with E-state index in [0.29, 0.717) is 0 Å². The van der Waals surface area contributed by atoms with Crippen molar-refractivity contribution >= 4 is 5.91 Å². The van der Waals surface area contributed by atoms with Gasteiger partial charge in [0.05, 0.1) is 13.2 Å². The second kappa shape index (κ2) is 8.44. The summed E-state index contributed by atoms with van der Waals surface area (Å²) in [7, 11) is 0. The van der Waals surface area contributed by atoms with E-state index in [4.69, 9.17) is 4.74 Å². The van der Waals surface area contributed by atoms with Crippen molar-refractivity contribution in [3.05, 3.63) is 33.1 Å². The Hall–Kier alpha value is -1.93. The van der Waals surface area contributed by atoms with E-state index in [-0.39, 0.29) is 24.9 Å². The Kier molecular flexibility index (Phi) is 6.04. The van der Waals surface area contributed by atoms with Gasteiger partial charge in [0, 0.05) is 57.4 Å². The third-order valence-corrected chi connectivity index (χ3v) is 4.98. The van der Waals surface area contributed by atoms with Crippen LogP contribution in [0.2, 0.25) is 0 Å². The summed E-state index contributed by atoms with van der Waals surface area (Å²) in [5, 5.41) is 0. The average Bonchev–Trinajstić information content (AvgIpc) is 2.62. The number of hydrogen-bond donors (Lipinski definition) is 1. The molecule has 1 atom stereocenters. The van der Waals surface area contributed by atoms with Gasteiger partial charge in [-0.1, -0.05) is 0 Å². The normalized spacial score (nSPS) is 22.1. The lowest BCUT2D eigenvalue weighted by Crippen LogP contribution is -2.51. The number of likely N-dealkylation sites (tertiary alicyclic amines) is 1. The number of hydrogen-bond acceptors (Lipinski definition) is 5. The van der Waals surface area contributed by atoms with Gasteiger partial charge in [-0.15, -0.1) is 0 Å². The molecule has 0 spiro atoms. The second-order valence-electron chi connectivity index (χ2n) is 6.70. The zero-order chi connectivity index (χ0) is 17.6. The summed E-state index contributed by atoms with van der Waals surface area (Å²) in [5.41, 5.74) is -0.891. The topological polar surface area (TPSA) is 87.6 Å². The lowest BCUT2D eigenvalue weighted by Gasteiger charge is -2.39. The number of piperidine rings is 1. The van der Waals surface area contributed by atoms with Crippen LogP contribution in [-0.2, 0) is 16.1 Å². The molecule has 2 aliphatic heterocycles. The number of aromatic amines is 1. The quantitative estimate of drug-likeness (QED) is 0.784. The molecule has 0 aliphatic carbocycles. The minimum Gasteiger partial charge on any atom is -0.379 e. The third-order valence-electron chi connectivity index (χ3n) is 4.98. The first kappa shape index (κ1) is 17.9. The van der Waals surface area contributed by atoms with Gasteiger partial charge in [0.1, 0.15) is 0 Å². The maximum absolute atomic E-state index is 12.7. The molecule has 2 fully saturated rings. The Labute approximate surface area is 146 Å². The Bertz CT molecular complexity index is 692. The molecule has 2 aliphatic rings. The molecule has 2 saturated heterocycles. The second-order valence-corrected chi connectivity index (χ2v) is 6.70. The molecule has 1 aromatic rings. The van der Waals surface area contributed by atoms with Gasteiger partial charge >= 0.3 is 5.69 Å². The molecule has 0 bridgehead atoms. The average molecular weight is 350 g/mol. The minimum atomic E-state index is -0.469. The van der Waals surface area contributed by atoms with E-state index in [0.717, 1.165) is 58.7 Å². The predicted molar refractivity (Wildman–Crippen MR) is 92.6 cm³/mol. The molecule has 3 heterocycles. The number of rotatable bonds is 5. The van der Waals surface area contributed by atoms with Crippen LogP contribution in [0.1, 0.15) is 25.7 Å². The fraction of sp³-hybridized carbons (Fsp3) is 0.706. The summed E-state index contributed by atoms with van der Waals surface area (Å²) in [6, 6.07) is 1.54. The van der Waals surface area contributed by atoms with Gasteiger partial charge in [0.25, 0.3) is 5.56 Å². The molecular formula is C17H26N4O4. The van der Waals surface area contributed by atoms with Crippen LogP contribution in [0, 0.1) is 0 Å². The Balaban J connectivity index is 1.58. The fourth-order valence-corrected chi connectivity index (χ4v) is 3.58. The first-order valence-electron chi connectivity index (χ1n) is 9.03. The van der Waals surface area contributed by atoms with E-state index >= 15 is 0 Å². The van der Waals surface area contributed by atoms with E-state index in [1.165, 1.54) is 16.8 Å². The number of aryl methyl sites for hydroxylation is 1. The molecule has 138 valence electrons. The summed E-state index contributed by atoms with van der Waals surface area (Å²) in [5.74, 6) is 0.0797. The number of H-pyrrole nitrogens is 1. The highest BCUT2D eigenvalue weighted by atomic mass is 16.5. The van der Waals surface area contributed by atoms with Crippen molar-refractivity contribution in [1.29, 1.82) is 0 Å². The van der Waals surface area contributed by atoms with E-state index < -0.39 is 11.2 Å². The molecule has 1 N–H and O–H groups in total. The zero-order valence-electron chi connectivity index (χ0n) is 14.5. The number of aromatic nitrogens is 2. The van der Waals surface area contributed by atoms with Crippen molar-refractivity contribution in [2.24, 2.45) is 0 Å². The van der Waals surface area contributed by atoms with Crippen LogP contribution in [0.3, 0.4) is 0 Å². The Morgan fingerprint density at radius 3 is 2.76 bits per heavy atom. The van der Waals surface area contributed by atoms with E-state index in [2.05, 4.69) is 9.88 Å². The number of ether oxygens (including phenoxy) is 1. The summed E-state index contributed by atoms with van der Waals surface area (Å²) >= 11 is 0. The standard InChI is InChI=1S/C17H26N4O4/c22-15-4-7-20(17(24)18-15)8-5-16(23)21-6-2-1-3-14(21)13-19-9-11-25-12-10-19/h4,7,14H,1-3,5-6,8-13H2,(H,18,22,24)/t14-/m0/s1. The van der Waals surface area contributed by atoms with E-state index in [1.54, 1.807) is 0 Å². The van der Waals surface area contributed by atoms with Crippen LogP contribution in [-0.4, -0.2) is 70.7 Å². The van der Waals surface area contributed by atoms with Crippen LogP contribution in [0.15, 0.2) is 21.9 Å². The molecule has 3 rings (SSSR count). The summed E-state index contributed by atoms with van der Waals surface area (Å²) in [4.78, 5) is 42.1. The lowest BCUT2D eigenvalue weighted by molar-refractivity contribution is -0.135. The Morgan fingerprint density at radius 2 is 2.00 bits per heavy atom. The highest BCUT2D eigenvalue weighted by Gasteiger charge is 2.28. The van der Waals surface area contributed by atoms with Crippen molar-refractivity contribution in [2.45, 2.75) is 38.3 Å². The zero-order valence-corrected chi connectivity index (χ0v) is 14.5. The highest BCUT2D eigenvalue weighted by molar-refractivity contribution is 5.76. The van der Waals surface area contributed by atoms with Crippen molar-refractivity contribution in [1.82, 2.24) is 19.4 Å². The number of carbonyl (C=O) groups excluding carboxylic acids is 1. The molecule has 25 heavy (non-hydrogen) atoms. The SMILES string of the molecule is O=C(CCn1ccc(=O)[nH]c1=O)N1CCCC[C@H]1CN1CCOCC1. The first-order valence-corrected chi connectivity index (χ1v) is 9.03. The van der Waals surface area contributed by atoms with Crippen LogP contribution in [0.25, 0.3) is 0 Å². The molecule has 0 aromatic carbocycles. The van der Waals surface area contributed by atoms with E-state index in [1.807, 2.05) is 4.90 Å². The van der Waals surface area contributed by atoms with Crippen molar-refractivity contribution < 1.29 is 9.53 Å². The van der Waals surface area contributed by atoms with Gasteiger partial charge in [0.2, 0.25) is 5.91 Å². The first-order chi connectivity index (χ1) is 12.1. The van der Waals surface area contributed by atoms with E-state index in [9.17, 15) is 14.4 Å². The largest absolute Gasteiger partial charge is 0.379 e. The van der Waals surface area contributed by atoms with Crippen molar-refractivity contribution in [2.75, 3.05) is 39.4 Å². The number of nitrogens with one attached hydrogen (secondary N) is 1. The number of amides is 1. The monoisotopic (exact) mass is 350 g/mol. The molecular weight excluding hydrogens is 324 g/mol. The molecule has 0 radical (unpaired) electrons. The van der Waals surface area contributed by atoms with Gasteiger partial charge in [-0.05, 0) is 19.3 Å². The number of morpholine rings is 1. The number of nitrogens with zero attached hydrogens (tertiary/aromatic N) is 3. The minimum absolute atomic E-state index is 0.0797. The maximum Gasteiger partial charge on any atom is 0.328 e. The van der Waals surface area contributed by atoms with Crippen LogP contribution < -0.4 is 11.2 Å². The van der Waals surface area contributed by atoms with Gasteiger partial charge in [-0.2, -0.15) is 0 Å². The molecule has 0 unspecified atom stereocenters. The predicted octanol–water partition coefficient (Wildman–Crippen LogP) is -0.360. The molecule has 8 heteroatoms. The molecule has 1 aromatic heterocycles. The Morgan fingerprint density at radius 1 is 1.20 bits per heavy atom. The lowest BCUT2D eigenvalue weighted by atomic mass is 10.0. The molecule has 1 amide bonds. The van der Waals surface area contributed by atoms with Crippen LogP contribution in [0.5, 0.6) is 0 Å². The number of carbonyl (C=O) groups is 1. The summed E-state index contributed by atoms with van der Waals surface area (Å²) in [6.45, 7) is 5.33. The highest BCUT2D eigenvalue weighted by Crippen LogP contribution is 2.19. The smallest absolute Gasteiger partial charge is 0.328 e. The van der Waals surface area contributed by atoms with Gasteiger partial charge in [-0.25, -0.2) is 4.79 Å². The summed E-state index contributed by atoms with van der Waals surface area (Å²) < 4.78 is 6.77. The van der Waals surface area contributed by atoms with Crippen molar-refractivity contribution in [3.63, 3.8) is 0 Å². The van der Waals surface area contributed by atoms with Gasteiger partial charge in [-0.3, -0.25) is 19.5 Å². The third kappa shape index (κ3) is 4.79. The van der Waals surface area contributed by atoms with Crippen LogP contribution in [0.4, 0.5) is 0 Å². The molecule has 0 saturated carbocycles.